The van der Waals surface area contributed by atoms with Crippen LogP contribution >= 0.6 is 11.6 Å². The van der Waals surface area contributed by atoms with Crippen LogP contribution < -0.4 is 15.4 Å². The first-order valence-corrected chi connectivity index (χ1v) is 17.7. The summed E-state index contributed by atoms with van der Waals surface area (Å²) < 4.78 is 67.2. The van der Waals surface area contributed by atoms with Crippen LogP contribution in [0.5, 0.6) is 0 Å². The Morgan fingerprint density at radius 2 is 1.29 bits per heavy atom. The van der Waals surface area contributed by atoms with Crippen molar-refractivity contribution < 1.29 is 45.6 Å². The van der Waals surface area contributed by atoms with Gasteiger partial charge in [-0.2, -0.15) is 13.2 Å². The highest BCUT2D eigenvalue weighted by molar-refractivity contribution is 7.90. The van der Waals surface area contributed by atoms with E-state index in [0.717, 1.165) is 0 Å². The predicted molar refractivity (Wildman–Crippen MR) is 181 cm³/mol. The summed E-state index contributed by atoms with van der Waals surface area (Å²) in [6.07, 6.45) is -5.24. The fraction of sp³-hybridized carbons (Fsp3) is 0.343. The molecule has 3 N–H and O–H groups in total. The molecule has 0 aromatic heterocycles. The summed E-state index contributed by atoms with van der Waals surface area (Å²) in [5, 5.41) is 5.17. The standard InChI is InChI=1S/C35H36ClF3N4O7S/c1-19(2)28(30(44)35(37,38)39)40-33(47)27-17-23-7-5-6-8-24(23)18-43(27)34(48)29(20(3)4)41-31(45)21-9-11-22(12-10-21)32(46)42-51(49,50)26-15-13-25(36)14-16-26/h5-16,19-20,27-29H,17-18H2,1-4H3,(H,40,47)(H,41,45)(H,42,46)/t27?,28?,29-/m0/s1. The molecule has 1 aliphatic rings. The minimum Gasteiger partial charge on any atom is -0.344 e. The first-order valence-electron chi connectivity index (χ1n) is 15.8. The van der Waals surface area contributed by atoms with Gasteiger partial charge in [0.1, 0.15) is 12.1 Å². The number of nitrogens with zero attached hydrogens (tertiary/aromatic N) is 1. The lowest BCUT2D eigenvalue weighted by molar-refractivity contribution is -0.175. The van der Waals surface area contributed by atoms with E-state index in [1.165, 1.54) is 67.3 Å². The number of sulfonamides is 1. The van der Waals surface area contributed by atoms with Crippen LogP contribution in [0.25, 0.3) is 0 Å². The summed E-state index contributed by atoms with van der Waals surface area (Å²) in [7, 11) is -4.22. The number of benzene rings is 3. The van der Waals surface area contributed by atoms with Crippen molar-refractivity contribution in [2.24, 2.45) is 11.8 Å². The van der Waals surface area contributed by atoms with Crippen LogP contribution in [0.1, 0.15) is 59.5 Å². The molecule has 0 aliphatic carbocycles. The van der Waals surface area contributed by atoms with Gasteiger partial charge >= 0.3 is 6.18 Å². The van der Waals surface area contributed by atoms with Crippen molar-refractivity contribution in [2.45, 2.75) is 69.9 Å². The van der Waals surface area contributed by atoms with Crippen LogP contribution in [0.2, 0.25) is 5.02 Å². The Morgan fingerprint density at radius 1 is 0.765 bits per heavy atom. The molecule has 0 spiro atoms. The van der Waals surface area contributed by atoms with E-state index in [-0.39, 0.29) is 29.0 Å². The molecule has 3 atom stereocenters. The zero-order valence-electron chi connectivity index (χ0n) is 28.0. The molecule has 2 unspecified atom stereocenters. The average molecular weight is 749 g/mol. The monoisotopic (exact) mass is 748 g/mol. The largest absolute Gasteiger partial charge is 0.452 e. The lowest BCUT2D eigenvalue weighted by atomic mass is 9.90. The molecule has 0 bridgehead atoms. The van der Waals surface area contributed by atoms with Crippen molar-refractivity contribution >= 4 is 51.0 Å². The molecule has 272 valence electrons. The number of halogens is 4. The van der Waals surface area contributed by atoms with E-state index in [4.69, 9.17) is 11.6 Å². The molecule has 0 saturated heterocycles. The number of amides is 4. The number of carbonyl (C=O) groups excluding carboxylic acids is 5. The van der Waals surface area contributed by atoms with E-state index in [9.17, 15) is 45.6 Å². The van der Waals surface area contributed by atoms with Crippen LogP contribution in [0.4, 0.5) is 13.2 Å². The SMILES string of the molecule is CC(C)C(NC(=O)C1Cc2ccccc2CN1C(=O)[C@@H](NC(=O)c1ccc(C(=O)NS(=O)(=O)c2ccc(Cl)cc2)cc1)C(C)C)C(=O)C(F)(F)F. The first kappa shape index (κ1) is 39.0. The number of nitrogens with one attached hydrogen (secondary N) is 3. The quantitative estimate of drug-likeness (QED) is 0.262. The zero-order valence-corrected chi connectivity index (χ0v) is 29.5. The molecule has 3 aromatic carbocycles. The maximum atomic E-state index is 14.1. The minimum absolute atomic E-state index is 0.0225. The Labute approximate surface area is 298 Å². The molecule has 4 amide bonds. The topological polar surface area (TPSA) is 159 Å². The molecule has 0 saturated carbocycles. The van der Waals surface area contributed by atoms with Gasteiger partial charge in [0.25, 0.3) is 27.6 Å². The van der Waals surface area contributed by atoms with Crippen molar-refractivity contribution in [1.29, 1.82) is 0 Å². The molecule has 0 radical (unpaired) electrons. The molecule has 0 fully saturated rings. The highest BCUT2D eigenvalue weighted by Crippen LogP contribution is 2.27. The van der Waals surface area contributed by atoms with Gasteiger partial charge in [-0.1, -0.05) is 63.6 Å². The van der Waals surface area contributed by atoms with Crippen molar-refractivity contribution in [3.8, 4) is 0 Å². The zero-order chi connectivity index (χ0) is 37.8. The second kappa shape index (κ2) is 15.6. The Kier molecular flexibility index (Phi) is 12.0. The number of alkyl halides is 3. The maximum absolute atomic E-state index is 14.1. The molecule has 11 nitrogen and oxygen atoms in total. The second-order valence-electron chi connectivity index (χ2n) is 12.7. The highest BCUT2D eigenvalue weighted by Gasteiger charge is 2.46. The van der Waals surface area contributed by atoms with Crippen LogP contribution in [0.3, 0.4) is 0 Å². The molecule has 4 rings (SSSR count). The van der Waals surface area contributed by atoms with E-state index in [1.807, 2.05) is 4.72 Å². The molecule has 16 heteroatoms. The van der Waals surface area contributed by atoms with E-state index < -0.39 is 75.6 Å². The van der Waals surface area contributed by atoms with Gasteiger partial charge in [0.15, 0.2) is 0 Å². The normalized spacial score (nSPS) is 15.8. The van der Waals surface area contributed by atoms with Crippen molar-refractivity contribution in [3.05, 3.63) is 100 Å². The lowest BCUT2D eigenvalue weighted by Gasteiger charge is -2.39. The minimum atomic E-state index is -5.19. The fourth-order valence-electron chi connectivity index (χ4n) is 5.49. The number of carbonyl (C=O) groups is 5. The fourth-order valence-corrected chi connectivity index (χ4v) is 6.59. The van der Waals surface area contributed by atoms with Crippen LogP contribution in [-0.2, 0) is 37.4 Å². The average Bonchev–Trinajstić information content (AvgIpc) is 3.07. The summed E-state index contributed by atoms with van der Waals surface area (Å²) in [6.45, 7) is 5.94. The number of Topliss-reactive ketones (excluding diaryl/α,β-unsaturated/α-hetero) is 1. The summed E-state index contributed by atoms with van der Waals surface area (Å²) in [5.41, 5.74) is 1.34. The van der Waals surface area contributed by atoms with Crippen molar-refractivity contribution in [1.82, 2.24) is 20.3 Å². The lowest BCUT2D eigenvalue weighted by Crippen LogP contribution is -2.61. The summed E-state index contributed by atoms with van der Waals surface area (Å²) in [4.78, 5) is 66.9. The van der Waals surface area contributed by atoms with Gasteiger partial charge < -0.3 is 15.5 Å². The van der Waals surface area contributed by atoms with E-state index in [1.54, 1.807) is 38.1 Å². The van der Waals surface area contributed by atoms with Crippen LogP contribution in [-0.4, -0.2) is 67.0 Å². The summed E-state index contributed by atoms with van der Waals surface area (Å²) >= 11 is 5.80. The molecular weight excluding hydrogens is 713 g/mol. The van der Waals surface area contributed by atoms with Crippen LogP contribution in [0, 0.1) is 11.8 Å². The number of hydrogen-bond donors (Lipinski definition) is 3. The van der Waals surface area contributed by atoms with Gasteiger partial charge in [-0.15, -0.1) is 0 Å². The number of ketones is 1. The smallest absolute Gasteiger partial charge is 0.344 e. The highest BCUT2D eigenvalue weighted by atomic mass is 35.5. The predicted octanol–water partition coefficient (Wildman–Crippen LogP) is 4.44. The Hall–Kier alpha value is -4.76. The van der Waals surface area contributed by atoms with E-state index in [0.29, 0.717) is 16.1 Å². The molecule has 3 aromatic rings. The Bertz CT molecular complexity index is 1920. The van der Waals surface area contributed by atoms with Gasteiger partial charge in [0, 0.05) is 29.1 Å². The van der Waals surface area contributed by atoms with E-state index in [2.05, 4.69) is 10.6 Å². The summed E-state index contributed by atoms with van der Waals surface area (Å²) in [6, 6.07) is 12.7. The Morgan fingerprint density at radius 3 is 1.82 bits per heavy atom. The third-order valence-electron chi connectivity index (χ3n) is 8.34. The molecule has 1 heterocycles. The Balaban J connectivity index is 1.53. The van der Waals surface area contributed by atoms with Crippen molar-refractivity contribution in [3.63, 3.8) is 0 Å². The molecular formula is C35H36ClF3N4O7S. The first-order chi connectivity index (χ1) is 23.8. The van der Waals surface area contributed by atoms with E-state index >= 15 is 0 Å². The van der Waals surface area contributed by atoms with Gasteiger partial charge in [0.05, 0.1) is 10.9 Å². The third kappa shape index (κ3) is 9.33. The number of rotatable bonds is 11. The van der Waals surface area contributed by atoms with Gasteiger partial charge in [-0.3, -0.25) is 24.0 Å². The van der Waals surface area contributed by atoms with Crippen molar-refractivity contribution in [2.75, 3.05) is 0 Å². The van der Waals surface area contributed by atoms with Gasteiger partial charge in [-0.25, -0.2) is 13.1 Å². The van der Waals surface area contributed by atoms with Gasteiger partial charge in [0.2, 0.25) is 11.8 Å². The number of hydrogen-bond acceptors (Lipinski definition) is 7. The third-order valence-corrected chi connectivity index (χ3v) is 9.94. The van der Waals surface area contributed by atoms with Crippen LogP contribution in [0.15, 0.2) is 77.7 Å². The second-order valence-corrected chi connectivity index (χ2v) is 14.8. The molecule has 51 heavy (non-hydrogen) atoms. The summed E-state index contributed by atoms with van der Waals surface area (Å²) in [5.74, 6) is -6.86. The number of fused-ring (bicyclic) bond motifs is 1. The maximum Gasteiger partial charge on any atom is 0.452 e. The van der Waals surface area contributed by atoms with Gasteiger partial charge in [-0.05, 0) is 71.5 Å². The molecule has 1 aliphatic heterocycles.